The molecule has 0 aromatic carbocycles. The number of alkyl halides is 3. The van der Waals surface area contributed by atoms with Gasteiger partial charge in [-0.3, -0.25) is 9.48 Å². The van der Waals surface area contributed by atoms with Gasteiger partial charge in [0.1, 0.15) is 11.7 Å². The van der Waals surface area contributed by atoms with Crippen molar-refractivity contribution in [3.05, 3.63) is 17.5 Å². The fourth-order valence-corrected chi connectivity index (χ4v) is 2.47. The van der Waals surface area contributed by atoms with E-state index >= 15 is 0 Å². The summed E-state index contributed by atoms with van der Waals surface area (Å²) in [6.07, 6.45) is -4.01. The van der Waals surface area contributed by atoms with Gasteiger partial charge in [-0.1, -0.05) is 13.8 Å². The van der Waals surface area contributed by atoms with E-state index < -0.39 is 18.1 Å². The molecule has 0 saturated carbocycles. The summed E-state index contributed by atoms with van der Waals surface area (Å²) < 4.78 is 40.1. The van der Waals surface area contributed by atoms with Crippen LogP contribution in [0.1, 0.15) is 48.8 Å². The van der Waals surface area contributed by atoms with Crippen molar-refractivity contribution in [2.75, 3.05) is 6.54 Å². The van der Waals surface area contributed by atoms with E-state index in [0.29, 0.717) is 12.1 Å². The molecule has 1 fully saturated rings. The van der Waals surface area contributed by atoms with E-state index in [-0.39, 0.29) is 24.6 Å². The summed E-state index contributed by atoms with van der Waals surface area (Å²) in [4.78, 5) is 13.2. The smallest absolute Gasteiger partial charge is 0.325 e. The lowest BCUT2D eigenvalue weighted by Crippen LogP contribution is -2.45. The number of carbonyl (C=O) groups excluding carboxylic acids is 1. The van der Waals surface area contributed by atoms with Crippen LogP contribution in [0.5, 0.6) is 0 Å². The lowest BCUT2D eigenvalue weighted by atomic mass is 10.1. The molecular weight excluding hydrogens is 271 g/mol. The van der Waals surface area contributed by atoms with Crippen molar-refractivity contribution in [1.29, 1.82) is 0 Å². The van der Waals surface area contributed by atoms with E-state index in [9.17, 15) is 18.0 Å². The van der Waals surface area contributed by atoms with Crippen molar-refractivity contribution in [3.8, 4) is 0 Å². The third-order valence-electron chi connectivity index (χ3n) is 3.60. The fraction of sp³-hybridized carbons (Fsp3) is 0.692. The number of amides is 1. The molecule has 20 heavy (non-hydrogen) atoms. The third-order valence-corrected chi connectivity index (χ3v) is 3.60. The molecule has 7 heteroatoms. The molecule has 0 spiro atoms. The molecule has 0 N–H and O–H groups in total. The Morgan fingerprint density at radius 3 is 2.60 bits per heavy atom. The summed E-state index contributed by atoms with van der Waals surface area (Å²) in [6.45, 7) is 3.99. The molecule has 0 bridgehead atoms. The van der Waals surface area contributed by atoms with Gasteiger partial charge in [-0.05, 0) is 24.8 Å². The second-order valence-electron chi connectivity index (χ2n) is 5.43. The summed E-state index contributed by atoms with van der Waals surface area (Å²) in [6, 6.07) is -0.0916. The van der Waals surface area contributed by atoms with Crippen molar-refractivity contribution in [2.45, 2.75) is 44.8 Å². The van der Waals surface area contributed by atoms with Gasteiger partial charge in [0.15, 0.2) is 0 Å². The van der Waals surface area contributed by atoms with Crippen LogP contribution in [0.25, 0.3) is 0 Å². The number of carbonyl (C=O) groups is 1. The Hall–Kier alpha value is -1.53. The number of hydrogen-bond donors (Lipinski definition) is 0. The van der Waals surface area contributed by atoms with Crippen LogP contribution >= 0.6 is 0 Å². The Balaban J connectivity index is 2.27. The van der Waals surface area contributed by atoms with Crippen LogP contribution in [0.3, 0.4) is 0 Å². The quantitative estimate of drug-likeness (QED) is 0.839. The van der Waals surface area contributed by atoms with Crippen LogP contribution in [0.4, 0.5) is 13.2 Å². The zero-order valence-corrected chi connectivity index (χ0v) is 11.7. The molecular formula is C13H18F3N3O. The van der Waals surface area contributed by atoms with E-state index in [0.717, 1.165) is 4.90 Å². The van der Waals surface area contributed by atoms with Crippen molar-refractivity contribution in [3.63, 3.8) is 0 Å². The lowest BCUT2D eigenvalue weighted by Gasteiger charge is -2.26. The zero-order chi connectivity index (χ0) is 15.1. The molecule has 4 nitrogen and oxygen atoms in total. The van der Waals surface area contributed by atoms with Crippen LogP contribution in [0.15, 0.2) is 6.07 Å². The standard InChI is InChI=1S/C13H18F3N3O/c1-8(2)9-7-10(18(3)17-9)12(20)19-6-4-5-11(19)13(14,15)16/h7-8,11H,4-6H2,1-3H3/t11-/m0/s1. The van der Waals surface area contributed by atoms with Gasteiger partial charge >= 0.3 is 6.18 Å². The molecule has 1 aliphatic rings. The first kappa shape index (κ1) is 14.9. The predicted molar refractivity (Wildman–Crippen MR) is 67.4 cm³/mol. The second kappa shape index (κ2) is 5.10. The van der Waals surface area contributed by atoms with Crippen LogP contribution in [-0.4, -0.2) is 39.4 Å². The largest absolute Gasteiger partial charge is 0.408 e. The van der Waals surface area contributed by atoms with Crippen molar-refractivity contribution in [1.82, 2.24) is 14.7 Å². The summed E-state index contributed by atoms with van der Waals surface area (Å²) in [5.41, 5.74) is 0.920. The van der Waals surface area contributed by atoms with Gasteiger partial charge < -0.3 is 4.90 Å². The maximum Gasteiger partial charge on any atom is 0.408 e. The first-order valence-corrected chi connectivity index (χ1v) is 6.63. The lowest BCUT2D eigenvalue weighted by molar-refractivity contribution is -0.169. The van der Waals surface area contributed by atoms with Crippen LogP contribution in [-0.2, 0) is 7.05 Å². The van der Waals surface area contributed by atoms with Crippen molar-refractivity contribution < 1.29 is 18.0 Å². The molecule has 0 aliphatic carbocycles. The molecule has 1 aromatic rings. The molecule has 1 amide bonds. The maximum absolute atomic E-state index is 12.9. The summed E-state index contributed by atoms with van der Waals surface area (Å²) >= 11 is 0. The molecule has 2 rings (SSSR count). The minimum atomic E-state index is -4.37. The first-order valence-electron chi connectivity index (χ1n) is 6.63. The van der Waals surface area contributed by atoms with Gasteiger partial charge in [-0.25, -0.2) is 0 Å². The van der Waals surface area contributed by atoms with E-state index in [1.807, 2.05) is 13.8 Å². The average molecular weight is 289 g/mol. The Bertz CT molecular complexity index is 507. The molecule has 112 valence electrons. The van der Waals surface area contributed by atoms with Gasteiger partial charge in [-0.15, -0.1) is 0 Å². The Kier molecular flexibility index (Phi) is 3.80. The van der Waals surface area contributed by atoms with Crippen molar-refractivity contribution in [2.24, 2.45) is 7.05 Å². The molecule has 0 radical (unpaired) electrons. The SMILES string of the molecule is CC(C)c1cc(C(=O)N2CCC[C@H]2C(F)(F)F)n(C)n1. The summed E-state index contributed by atoms with van der Waals surface area (Å²) in [5, 5.41) is 4.18. The molecule has 1 atom stereocenters. The zero-order valence-electron chi connectivity index (χ0n) is 11.7. The van der Waals surface area contributed by atoms with E-state index in [1.54, 1.807) is 13.1 Å². The number of likely N-dealkylation sites (tertiary alicyclic amines) is 1. The number of nitrogens with zero attached hydrogens (tertiary/aromatic N) is 3. The normalized spacial score (nSPS) is 19.9. The minimum Gasteiger partial charge on any atom is -0.325 e. The summed E-state index contributed by atoms with van der Waals surface area (Å²) in [5.74, 6) is -0.466. The van der Waals surface area contributed by atoms with Crippen molar-refractivity contribution >= 4 is 5.91 Å². The highest BCUT2D eigenvalue weighted by Gasteiger charge is 2.48. The Morgan fingerprint density at radius 2 is 2.10 bits per heavy atom. The van der Waals surface area contributed by atoms with Crippen LogP contribution < -0.4 is 0 Å². The maximum atomic E-state index is 12.9. The number of aryl methyl sites for hydroxylation is 1. The highest BCUT2D eigenvalue weighted by Crippen LogP contribution is 2.33. The summed E-state index contributed by atoms with van der Waals surface area (Å²) in [7, 11) is 1.58. The fourth-order valence-electron chi connectivity index (χ4n) is 2.47. The first-order chi connectivity index (χ1) is 9.21. The molecule has 2 heterocycles. The van der Waals surface area contributed by atoms with Crippen LogP contribution in [0, 0.1) is 0 Å². The number of aromatic nitrogens is 2. The number of rotatable bonds is 2. The molecule has 1 aromatic heterocycles. The third kappa shape index (κ3) is 2.66. The van der Waals surface area contributed by atoms with E-state index in [1.165, 1.54) is 4.68 Å². The van der Waals surface area contributed by atoms with Gasteiger partial charge in [-0.2, -0.15) is 18.3 Å². The molecule has 1 saturated heterocycles. The highest BCUT2D eigenvalue weighted by molar-refractivity contribution is 5.93. The number of hydrogen-bond acceptors (Lipinski definition) is 2. The average Bonchev–Trinajstić information content (AvgIpc) is 2.93. The minimum absolute atomic E-state index is 0.0237. The van der Waals surface area contributed by atoms with Gasteiger partial charge in [0.05, 0.1) is 5.69 Å². The Morgan fingerprint density at radius 1 is 1.45 bits per heavy atom. The highest BCUT2D eigenvalue weighted by atomic mass is 19.4. The Labute approximate surface area is 115 Å². The van der Waals surface area contributed by atoms with E-state index in [2.05, 4.69) is 5.10 Å². The van der Waals surface area contributed by atoms with Gasteiger partial charge in [0.2, 0.25) is 0 Å². The predicted octanol–water partition coefficient (Wildman–Crippen LogP) is 2.71. The monoisotopic (exact) mass is 289 g/mol. The topological polar surface area (TPSA) is 38.1 Å². The molecule has 1 aliphatic heterocycles. The number of halogens is 3. The van der Waals surface area contributed by atoms with Gasteiger partial charge in [0, 0.05) is 13.6 Å². The van der Waals surface area contributed by atoms with Crippen LogP contribution in [0.2, 0.25) is 0 Å². The van der Waals surface area contributed by atoms with E-state index in [4.69, 9.17) is 0 Å². The molecule has 0 unspecified atom stereocenters. The second-order valence-corrected chi connectivity index (χ2v) is 5.43. The van der Waals surface area contributed by atoms with Gasteiger partial charge in [0.25, 0.3) is 5.91 Å².